The summed E-state index contributed by atoms with van der Waals surface area (Å²) in [4.78, 5) is 16.2. The molecule has 7 heteroatoms. The van der Waals surface area contributed by atoms with Crippen molar-refractivity contribution >= 4 is 35.8 Å². The number of carbonyl (C=O) groups is 1. The van der Waals surface area contributed by atoms with Gasteiger partial charge in [0.25, 0.3) is 0 Å². The Labute approximate surface area is 169 Å². The normalized spacial score (nSPS) is 18.4. The van der Waals surface area contributed by atoms with Crippen LogP contribution in [-0.4, -0.2) is 51.8 Å². The van der Waals surface area contributed by atoms with Crippen molar-refractivity contribution in [1.29, 1.82) is 0 Å². The van der Waals surface area contributed by atoms with Gasteiger partial charge in [-0.1, -0.05) is 19.3 Å². The van der Waals surface area contributed by atoms with Crippen molar-refractivity contribution in [3.63, 3.8) is 0 Å². The van der Waals surface area contributed by atoms with Crippen molar-refractivity contribution in [2.24, 2.45) is 16.8 Å². The molecule has 0 aliphatic heterocycles. The van der Waals surface area contributed by atoms with Crippen LogP contribution in [0.4, 0.5) is 0 Å². The maximum atomic E-state index is 12.0. The van der Waals surface area contributed by atoms with Crippen LogP contribution in [0.2, 0.25) is 0 Å². The summed E-state index contributed by atoms with van der Waals surface area (Å²) in [6.07, 6.45) is 9.41. The molecule has 3 N–H and O–H groups in total. The average molecular weight is 466 g/mol. The summed E-state index contributed by atoms with van der Waals surface area (Å²) in [5, 5.41) is 9.53. The molecule has 0 atom stereocenters. The smallest absolute Gasteiger partial charge is 0.223 e. The number of hydrogen-bond acceptors (Lipinski definition) is 3. The molecule has 2 fully saturated rings. The lowest BCUT2D eigenvalue weighted by atomic mass is 9.89. The van der Waals surface area contributed by atoms with Crippen LogP contribution in [0.3, 0.4) is 0 Å². The first kappa shape index (κ1) is 22.5. The summed E-state index contributed by atoms with van der Waals surface area (Å²) < 4.78 is 5.61. The number of guanidine groups is 1. The maximum absolute atomic E-state index is 12.0. The van der Waals surface area contributed by atoms with Crippen LogP contribution in [0.25, 0.3) is 0 Å². The Morgan fingerprint density at radius 2 is 1.68 bits per heavy atom. The molecule has 0 spiro atoms. The molecule has 146 valence electrons. The monoisotopic (exact) mass is 466 g/mol. The van der Waals surface area contributed by atoms with Crippen LogP contribution in [0.5, 0.6) is 0 Å². The van der Waals surface area contributed by atoms with E-state index in [4.69, 9.17) is 4.74 Å². The molecule has 0 saturated heterocycles. The Balaban J connectivity index is 0.00000312. The van der Waals surface area contributed by atoms with Crippen molar-refractivity contribution < 1.29 is 9.53 Å². The highest BCUT2D eigenvalue weighted by molar-refractivity contribution is 14.0. The second-order valence-corrected chi connectivity index (χ2v) is 6.92. The second-order valence-electron chi connectivity index (χ2n) is 6.92. The molecule has 2 aliphatic carbocycles. The Morgan fingerprint density at radius 3 is 2.36 bits per heavy atom. The van der Waals surface area contributed by atoms with E-state index in [2.05, 4.69) is 20.9 Å². The van der Waals surface area contributed by atoms with E-state index in [1.165, 1.54) is 32.1 Å². The van der Waals surface area contributed by atoms with Gasteiger partial charge < -0.3 is 20.7 Å². The molecule has 0 aromatic carbocycles. The average Bonchev–Trinajstić information content (AvgIpc) is 3.44. The van der Waals surface area contributed by atoms with Crippen LogP contribution in [0, 0.1) is 11.8 Å². The lowest BCUT2D eigenvalue weighted by Crippen LogP contribution is -2.43. The zero-order valence-corrected chi connectivity index (χ0v) is 17.8. The molecule has 25 heavy (non-hydrogen) atoms. The predicted octanol–water partition coefficient (Wildman–Crippen LogP) is 2.28. The van der Waals surface area contributed by atoms with E-state index < -0.39 is 0 Å². The van der Waals surface area contributed by atoms with Crippen LogP contribution >= 0.6 is 24.0 Å². The van der Waals surface area contributed by atoms with E-state index in [1.54, 1.807) is 7.05 Å². The molecule has 6 nitrogen and oxygen atoms in total. The van der Waals surface area contributed by atoms with E-state index in [-0.39, 0.29) is 35.8 Å². The Bertz CT molecular complexity index is 397. The summed E-state index contributed by atoms with van der Waals surface area (Å²) in [6, 6.07) is 0. The largest absolute Gasteiger partial charge is 0.381 e. The van der Waals surface area contributed by atoms with Gasteiger partial charge in [0, 0.05) is 45.8 Å². The summed E-state index contributed by atoms with van der Waals surface area (Å²) in [5.41, 5.74) is 0. The fraction of sp³-hybridized carbons (Fsp3) is 0.889. The summed E-state index contributed by atoms with van der Waals surface area (Å²) in [6.45, 7) is 3.90. The number of nitrogens with one attached hydrogen (secondary N) is 3. The number of hydrogen-bond donors (Lipinski definition) is 3. The molecular weight excluding hydrogens is 431 g/mol. The first-order valence-electron chi connectivity index (χ1n) is 9.59. The van der Waals surface area contributed by atoms with Crippen molar-refractivity contribution in [2.75, 3.05) is 39.9 Å². The van der Waals surface area contributed by atoms with Gasteiger partial charge in [-0.3, -0.25) is 9.79 Å². The molecule has 2 saturated carbocycles. The van der Waals surface area contributed by atoms with Gasteiger partial charge in [0.1, 0.15) is 0 Å². The van der Waals surface area contributed by atoms with Gasteiger partial charge in [-0.15, -0.1) is 24.0 Å². The van der Waals surface area contributed by atoms with Crippen molar-refractivity contribution in [3.05, 3.63) is 0 Å². The zero-order valence-electron chi connectivity index (χ0n) is 15.5. The standard InChI is InChI=1S/C18H34N4O2.HI/c1-19-18(21-10-5-13-24-14-15-8-9-15)22-12-11-20-17(23)16-6-3-2-4-7-16;/h15-16H,2-14H2,1H3,(H,20,23)(H2,19,21,22);1H. The fourth-order valence-corrected chi connectivity index (χ4v) is 3.01. The van der Waals surface area contributed by atoms with E-state index >= 15 is 0 Å². The third kappa shape index (κ3) is 10.2. The van der Waals surface area contributed by atoms with E-state index in [9.17, 15) is 4.79 Å². The summed E-state index contributed by atoms with van der Waals surface area (Å²) in [7, 11) is 1.76. The number of halogens is 1. The van der Waals surface area contributed by atoms with Crippen LogP contribution in [0.15, 0.2) is 4.99 Å². The highest BCUT2D eigenvalue weighted by Crippen LogP contribution is 2.28. The summed E-state index contributed by atoms with van der Waals surface area (Å²) >= 11 is 0. The minimum Gasteiger partial charge on any atom is -0.381 e. The summed E-state index contributed by atoms with van der Waals surface area (Å²) in [5.74, 6) is 2.06. The third-order valence-corrected chi connectivity index (χ3v) is 4.72. The zero-order chi connectivity index (χ0) is 17.0. The molecule has 0 radical (unpaired) electrons. The predicted molar refractivity (Wildman–Crippen MR) is 113 cm³/mol. The Hall–Kier alpha value is -0.570. The number of amides is 1. The van der Waals surface area contributed by atoms with Gasteiger partial charge in [-0.25, -0.2) is 0 Å². The first-order valence-corrected chi connectivity index (χ1v) is 9.59. The fourth-order valence-electron chi connectivity index (χ4n) is 3.01. The third-order valence-electron chi connectivity index (χ3n) is 4.72. The lowest BCUT2D eigenvalue weighted by Gasteiger charge is -2.21. The number of nitrogens with zero attached hydrogens (tertiary/aromatic N) is 1. The lowest BCUT2D eigenvalue weighted by molar-refractivity contribution is -0.125. The van der Waals surface area contributed by atoms with Gasteiger partial charge >= 0.3 is 0 Å². The van der Waals surface area contributed by atoms with E-state index in [1.807, 2.05) is 0 Å². The number of rotatable bonds is 10. The van der Waals surface area contributed by atoms with Gasteiger partial charge in [-0.05, 0) is 38.0 Å². The van der Waals surface area contributed by atoms with Crippen molar-refractivity contribution in [2.45, 2.75) is 51.4 Å². The van der Waals surface area contributed by atoms with E-state index in [0.29, 0.717) is 13.1 Å². The van der Waals surface area contributed by atoms with Crippen molar-refractivity contribution in [1.82, 2.24) is 16.0 Å². The maximum Gasteiger partial charge on any atom is 0.223 e. The molecule has 0 aromatic rings. The molecule has 2 rings (SSSR count). The van der Waals surface area contributed by atoms with Gasteiger partial charge in [0.2, 0.25) is 5.91 Å². The highest BCUT2D eigenvalue weighted by atomic mass is 127. The Morgan fingerprint density at radius 1 is 1.00 bits per heavy atom. The molecular formula is C18H35IN4O2. The molecule has 2 aliphatic rings. The number of carbonyl (C=O) groups excluding carboxylic acids is 1. The van der Waals surface area contributed by atoms with Gasteiger partial charge in [-0.2, -0.15) is 0 Å². The quantitative estimate of drug-likeness (QED) is 0.200. The first-order chi connectivity index (χ1) is 11.8. The van der Waals surface area contributed by atoms with Crippen molar-refractivity contribution in [3.8, 4) is 0 Å². The minimum absolute atomic E-state index is 0. The van der Waals surface area contributed by atoms with Gasteiger partial charge in [0.05, 0.1) is 0 Å². The van der Waals surface area contributed by atoms with Crippen LogP contribution in [0.1, 0.15) is 51.4 Å². The van der Waals surface area contributed by atoms with Crippen LogP contribution < -0.4 is 16.0 Å². The van der Waals surface area contributed by atoms with Gasteiger partial charge in [0.15, 0.2) is 5.96 Å². The second kappa shape index (κ2) is 13.6. The molecule has 1 amide bonds. The highest BCUT2D eigenvalue weighted by Gasteiger charge is 2.21. The molecule has 0 bridgehead atoms. The minimum atomic E-state index is 0. The number of ether oxygens (including phenoxy) is 1. The van der Waals surface area contributed by atoms with E-state index in [0.717, 1.165) is 50.9 Å². The topological polar surface area (TPSA) is 74.8 Å². The van der Waals surface area contributed by atoms with Crippen LogP contribution in [-0.2, 0) is 9.53 Å². The number of aliphatic imine (C=N–C) groups is 1. The molecule has 0 aromatic heterocycles. The SMILES string of the molecule is CN=C(NCCCOCC1CC1)NCCNC(=O)C1CCCCC1.I. The molecule has 0 heterocycles. The molecule has 0 unspecified atom stereocenters. The Kier molecular flexibility index (Phi) is 12.2.